The Hall–Kier alpha value is -9.83. The van der Waals surface area contributed by atoms with E-state index in [1.165, 1.54) is 43.3 Å². The van der Waals surface area contributed by atoms with Crippen LogP contribution in [0.25, 0.3) is 38.9 Å². The number of methoxy groups -OCH3 is 2. The van der Waals surface area contributed by atoms with Crippen molar-refractivity contribution >= 4 is 80.1 Å². The third-order valence-electron chi connectivity index (χ3n) is 16.5. The van der Waals surface area contributed by atoms with Gasteiger partial charge in [0.15, 0.2) is 28.7 Å². The zero-order valence-corrected chi connectivity index (χ0v) is 50.5. The topological polar surface area (TPSA) is 224 Å². The van der Waals surface area contributed by atoms with Gasteiger partial charge in [0.25, 0.3) is 23.7 Å². The van der Waals surface area contributed by atoms with Crippen molar-refractivity contribution in [3.63, 3.8) is 0 Å². The second-order valence-electron chi connectivity index (χ2n) is 22.0. The molecule has 0 unspecified atom stereocenters. The number of carbonyl (C=O) groups excluding carboxylic acids is 3. The molecule has 3 aliphatic rings. The molecule has 23 heteroatoms. The van der Waals surface area contributed by atoms with Gasteiger partial charge in [0.2, 0.25) is 0 Å². The number of ether oxygens (including phenoxy) is 2. The Balaban J connectivity index is 0.000000138. The van der Waals surface area contributed by atoms with Crippen LogP contribution >= 0.6 is 11.6 Å². The van der Waals surface area contributed by atoms with Crippen molar-refractivity contribution in [3.05, 3.63) is 186 Å². The Bertz CT molecular complexity index is 4140. The molecule has 0 spiro atoms. The number of nitrogens with zero attached hydrogens (tertiary/aromatic N) is 11. The molecule has 10 aromatic rings. The van der Waals surface area contributed by atoms with E-state index in [0.717, 1.165) is 66.4 Å². The van der Waals surface area contributed by atoms with E-state index in [-0.39, 0.29) is 76.6 Å². The van der Waals surface area contributed by atoms with Gasteiger partial charge in [0.1, 0.15) is 17.2 Å². The molecule has 458 valence electrons. The van der Waals surface area contributed by atoms with Crippen LogP contribution in [-0.2, 0) is 0 Å². The Labute approximate surface area is 517 Å². The molecule has 13 rings (SSSR count). The number of likely N-dealkylation sites (tertiary alicyclic amines) is 3. The largest absolute Gasteiger partial charge is 0.493 e. The first kappa shape index (κ1) is 60.8. The molecule has 6 atom stereocenters. The number of anilines is 3. The lowest BCUT2D eigenvalue weighted by Gasteiger charge is -2.40. The van der Waals surface area contributed by atoms with Gasteiger partial charge in [-0.1, -0.05) is 60.1 Å². The van der Waals surface area contributed by atoms with Crippen molar-refractivity contribution in [2.24, 2.45) is 0 Å². The number of rotatable bonds is 12. The highest BCUT2D eigenvalue weighted by atomic mass is 35.5. The normalized spacial score (nSPS) is 19.1. The van der Waals surface area contributed by atoms with Crippen molar-refractivity contribution in [1.29, 1.82) is 0 Å². The highest BCUT2D eigenvalue weighted by Gasteiger charge is 2.37. The minimum Gasteiger partial charge on any atom is -0.493 e. The molecular formula is C66H67ClF2N14O6. The monoisotopic (exact) mass is 1220 g/mol. The molecule has 3 N–H and O–H groups in total. The summed E-state index contributed by atoms with van der Waals surface area (Å²) in [5, 5.41) is 19.2. The number of hydrogen-bond donors (Lipinski definition) is 3. The van der Waals surface area contributed by atoms with Gasteiger partial charge in [0.05, 0.1) is 89.5 Å². The number of benzene rings is 6. The van der Waals surface area contributed by atoms with Crippen molar-refractivity contribution < 1.29 is 37.1 Å². The summed E-state index contributed by atoms with van der Waals surface area (Å²) >= 11 is 6.01. The molecule has 3 aliphatic heterocycles. The van der Waals surface area contributed by atoms with Crippen LogP contribution in [0.5, 0.6) is 11.5 Å². The zero-order chi connectivity index (χ0) is 62.1. The highest BCUT2D eigenvalue weighted by molar-refractivity contribution is 6.31. The van der Waals surface area contributed by atoms with Crippen LogP contribution in [-0.4, -0.2) is 142 Å². The number of aromatic nitrogens is 8. The van der Waals surface area contributed by atoms with E-state index >= 15 is 0 Å². The molecule has 0 bridgehead atoms. The van der Waals surface area contributed by atoms with Crippen LogP contribution in [0, 0.1) is 11.6 Å². The summed E-state index contributed by atoms with van der Waals surface area (Å²) in [6.07, 6.45) is 12.0. The standard InChI is InChI=1S/C23H23N7O.C22H23FN4O2.C21H21ClFN3O3/c1-16-18(27-22-15-24-19-8-3-4-9-20(19)28-22)10-6-14-29(16)23(31)17-7-2-5-11-21(17)30-25-12-13-26-30;1-14-17(25-20-13-24-18-9-3-4-10-19(18)26-20)11-6-12-27(14)22(28)15-7-5-8-16(23)21(15)29-2;1-12-16(24-21-25-17-11-13(22)8-9-18(17)29-21)7-4-10-26(12)20(27)14-5-3-6-15(23)19(14)28-2/h2-5,7-9,11-13,15-16,18H,6,10,14H2,1H3,(H,27,28);3-5,7-10,13-14,17H,6,11-12H2,1-2H3,(H,25,26);3,5-6,8-9,11-12,16H,4,7,10H2,1-2H3,(H,24,25)/t16-,18-;14-,17-;12-,16-/m111/s1. The molecule has 0 aliphatic carbocycles. The van der Waals surface area contributed by atoms with Gasteiger partial charge in [-0.2, -0.15) is 20.0 Å². The SMILES string of the molecule is COc1c(F)cccc1C(=O)N1CCC[C@@H](Nc2cnc3ccccc3n2)[C@H]1C.COc1c(F)cccc1C(=O)N1CCC[C@@H](Nc2nc3cc(Cl)ccc3o2)[C@H]1C.C[C@@H]1[C@H](Nc2cnc3ccccc3n2)CCCN1C(=O)c1ccccc1-n1nccn1. The Morgan fingerprint density at radius 1 is 0.528 bits per heavy atom. The molecule has 3 fully saturated rings. The summed E-state index contributed by atoms with van der Waals surface area (Å²) in [7, 11) is 2.73. The predicted octanol–water partition coefficient (Wildman–Crippen LogP) is 11.9. The lowest BCUT2D eigenvalue weighted by molar-refractivity contribution is 0.0604. The van der Waals surface area contributed by atoms with Crippen molar-refractivity contribution in [2.75, 3.05) is 49.8 Å². The summed E-state index contributed by atoms with van der Waals surface area (Å²) in [4.78, 5) is 69.4. The molecule has 7 heterocycles. The average molecular weight is 1230 g/mol. The summed E-state index contributed by atoms with van der Waals surface area (Å²) in [5.74, 6) is -0.238. The molecule has 0 radical (unpaired) electrons. The molecule has 3 amide bonds. The van der Waals surface area contributed by atoms with E-state index in [4.69, 9.17) is 25.5 Å². The van der Waals surface area contributed by atoms with Gasteiger partial charge in [-0.15, -0.1) is 0 Å². The smallest absolute Gasteiger partial charge is 0.295 e. The molecule has 0 saturated carbocycles. The Morgan fingerprint density at radius 3 is 1.46 bits per heavy atom. The van der Waals surface area contributed by atoms with Crippen LogP contribution in [0.1, 0.15) is 90.4 Å². The van der Waals surface area contributed by atoms with Gasteiger partial charge in [-0.05, 0) is 138 Å². The third kappa shape index (κ3) is 13.5. The minimum absolute atomic E-state index is 0.00634. The van der Waals surface area contributed by atoms with E-state index < -0.39 is 11.6 Å². The fourth-order valence-electron chi connectivity index (χ4n) is 11.8. The number of nitrogens with one attached hydrogen (secondary N) is 3. The predicted molar refractivity (Wildman–Crippen MR) is 337 cm³/mol. The van der Waals surface area contributed by atoms with Gasteiger partial charge in [0, 0.05) is 54.9 Å². The third-order valence-corrected chi connectivity index (χ3v) is 16.8. The Morgan fingerprint density at radius 2 is 0.966 bits per heavy atom. The van der Waals surface area contributed by atoms with Crippen molar-refractivity contribution in [2.45, 2.75) is 95.5 Å². The zero-order valence-electron chi connectivity index (χ0n) is 49.8. The molecule has 4 aromatic heterocycles. The number of para-hydroxylation sites is 7. The van der Waals surface area contributed by atoms with Gasteiger partial charge >= 0.3 is 0 Å². The van der Waals surface area contributed by atoms with Crippen LogP contribution in [0.2, 0.25) is 5.02 Å². The number of piperidine rings is 3. The highest BCUT2D eigenvalue weighted by Crippen LogP contribution is 2.32. The summed E-state index contributed by atoms with van der Waals surface area (Å²) in [6.45, 7) is 7.94. The average Bonchev–Trinajstić information content (AvgIpc) is 2.47. The first-order valence-corrected chi connectivity index (χ1v) is 30.0. The number of fused-ring (bicyclic) bond motifs is 3. The first-order valence-electron chi connectivity index (χ1n) is 29.6. The van der Waals surface area contributed by atoms with Crippen LogP contribution in [0.3, 0.4) is 0 Å². The van der Waals surface area contributed by atoms with Crippen molar-refractivity contribution in [1.82, 2.24) is 54.6 Å². The van der Waals surface area contributed by atoms with Crippen LogP contribution in [0.15, 0.2) is 157 Å². The van der Waals surface area contributed by atoms with E-state index in [1.807, 2.05) is 91.5 Å². The lowest BCUT2D eigenvalue weighted by Crippen LogP contribution is -2.52. The minimum atomic E-state index is -0.553. The van der Waals surface area contributed by atoms with Crippen LogP contribution in [0.4, 0.5) is 26.4 Å². The summed E-state index contributed by atoms with van der Waals surface area (Å²) in [5.41, 5.74) is 6.41. The number of carbonyl (C=O) groups is 3. The first-order chi connectivity index (χ1) is 43.3. The second-order valence-corrected chi connectivity index (χ2v) is 22.4. The van der Waals surface area contributed by atoms with E-state index in [9.17, 15) is 23.2 Å². The van der Waals surface area contributed by atoms with E-state index in [1.54, 1.807) is 64.9 Å². The molecular weight excluding hydrogens is 1160 g/mol. The van der Waals surface area contributed by atoms with E-state index in [2.05, 4.69) is 58.0 Å². The number of oxazole rings is 1. The summed E-state index contributed by atoms with van der Waals surface area (Å²) < 4.78 is 44.1. The number of amides is 3. The molecule has 20 nitrogen and oxygen atoms in total. The van der Waals surface area contributed by atoms with Crippen LogP contribution < -0.4 is 25.4 Å². The Kier molecular flexibility index (Phi) is 18.8. The van der Waals surface area contributed by atoms with Gasteiger partial charge < -0.3 is 44.5 Å². The fourth-order valence-corrected chi connectivity index (χ4v) is 12.0. The maximum atomic E-state index is 14.0. The molecule has 3 saturated heterocycles. The number of halogens is 3. The fraction of sp³-hybridized carbons (Fsp3) is 0.303. The lowest BCUT2D eigenvalue weighted by atomic mass is 9.96. The maximum Gasteiger partial charge on any atom is 0.295 e. The maximum absolute atomic E-state index is 14.0. The number of hydrogen-bond acceptors (Lipinski definition) is 16. The van der Waals surface area contributed by atoms with Gasteiger partial charge in [-0.25, -0.2) is 18.7 Å². The van der Waals surface area contributed by atoms with Crippen molar-refractivity contribution in [3.8, 4) is 17.2 Å². The molecule has 89 heavy (non-hydrogen) atoms. The van der Waals surface area contributed by atoms with E-state index in [0.29, 0.717) is 58.8 Å². The summed E-state index contributed by atoms with van der Waals surface area (Å²) in [6, 6.07) is 37.2. The quantitative estimate of drug-likeness (QED) is 0.103. The second kappa shape index (κ2) is 27.5. The molecule has 6 aromatic carbocycles. The van der Waals surface area contributed by atoms with Gasteiger partial charge in [-0.3, -0.25) is 24.4 Å².